The molecule has 4 heteroatoms. The molecule has 0 aliphatic rings. The van der Waals surface area contributed by atoms with Gasteiger partial charge in [-0.05, 0) is 40.2 Å². The lowest BCUT2D eigenvalue weighted by Gasteiger charge is -2.25. The molecule has 0 radical (unpaired) electrons. The molecule has 0 spiro atoms. The van der Waals surface area contributed by atoms with Crippen LogP contribution in [-0.2, 0) is 6.54 Å². The molecular weight excluding hydrogens is 274 g/mol. The molecule has 86 valence electrons. The maximum absolute atomic E-state index is 10.1. The Morgan fingerprint density at radius 1 is 1.47 bits per heavy atom. The summed E-state index contributed by atoms with van der Waals surface area (Å²) in [6, 6.07) is 2.05. The van der Waals surface area contributed by atoms with Crippen molar-refractivity contribution < 1.29 is 5.11 Å². The summed E-state index contributed by atoms with van der Waals surface area (Å²) in [5.74, 6) is 0. The van der Waals surface area contributed by atoms with Gasteiger partial charge in [-0.1, -0.05) is 13.8 Å². The molecule has 2 nitrogen and oxygen atoms in total. The summed E-state index contributed by atoms with van der Waals surface area (Å²) in [7, 11) is 0. The molecule has 0 saturated heterocycles. The van der Waals surface area contributed by atoms with Crippen molar-refractivity contribution in [2.75, 3.05) is 6.54 Å². The van der Waals surface area contributed by atoms with E-state index in [2.05, 4.69) is 26.6 Å². The summed E-state index contributed by atoms with van der Waals surface area (Å²) in [5.41, 5.74) is -0.552. The number of thiophene rings is 1. The standard InChI is InChI=1S/C11H18BrNOS/c1-3-11(14,4-2)8-13-7-10-9(12)5-6-15-10/h5-6,13-14H,3-4,7-8H2,1-2H3. The SMILES string of the molecule is CCC(O)(CC)CNCc1sccc1Br. The van der Waals surface area contributed by atoms with Crippen LogP contribution in [0.25, 0.3) is 0 Å². The molecule has 2 N–H and O–H groups in total. The summed E-state index contributed by atoms with van der Waals surface area (Å²) in [6.45, 7) is 5.52. The average Bonchev–Trinajstić information content (AvgIpc) is 2.64. The van der Waals surface area contributed by atoms with Gasteiger partial charge in [0.15, 0.2) is 0 Å². The van der Waals surface area contributed by atoms with Gasteiger partial charge in [0.1, 0.15) is 0 Å². The second-order valence-electron chi connectivity index (χ2n) is 3.73. The van der Waals surface area contributed by atoms with Gasteiger partial charge in [-0.25, -0.2) is 0 Å². The van der Waals surface area contributed by atoms with Crippen molar-refractivity contribution in [3.63, 3.8) is 0 Å². The Morgan fingerprint density at radius 3 is 2.60 bits per heavy atom. The minimum absolute atomic E-state index is 0.552. The quantitative estimate of drug-likeness (QED) is 0.844. The van der Waals surface area contributed by atoms with Gasteiger partial charge in [0.2, 0.25) is 0 Å². The van der Waals surface area contributed by atoms with Crippen LogP contribution in [-0.4, -0.2) is 17.3 Å². The second kappa shape index (κ2) is 5.99. The Balaban J connectivity index is 2.36. The summed E-state index contributed by atoms with van der Waals surface area (Å²) < 4.78 is 1.15. The largest absolute Gasteiger partial charge is 0.389 e. The van der Waals surface area contributed by atoms with E-state index < -0.39 is 5.60 Å². The van der Waals surface area contributed by atoms with E-state index in [4.69, 9.17) is 0 Å². The molecule has 0 bridgehead atoms. The van der Waals surface area contributed by atoms with Crippen molar-refractivity contribution in [2.45, 2.75) is 38.8 Å². The summed E-state index contributed by atoms with van der Waals surface area (Å²) >= 11 is 5.21. The van der Waals surface area contributed by atoms with Crippen LogP contribution < -0.4 is 5.32 Å². The first kappa shape index (κ1) is 13.2. The summed E-state index contributed by atoms with van der Waals surface area (Å²) in [6.07, 6.45) is 1.59. The average molecular weight is 292 g/mol. The third-order valence-corrected chi connectivity index (χ3v) is 4.67. The number of rotatable bonds is 6. The van der Waals surface area contributed by atoms with Gasteiger partial charge in [0.05, 0.1) is 5.60 Å². The molecule has 0 atom stereocenters. The Hall–Kier alpha value is 0.100. The summed E-state index contributed by atoms with van der Waals surface area (Å²) in [4.78, 5) is 1.28. The molecule has 1 rings (SSSR count). The molecular formula is C11H18BrNOS. The lowest BCUT2D eigenvalue weighted by Crippen LogP contribution is -2.39. The third-order valence-electron chi connectivity index (χ3n) is 2.75. The molecule has 0 amide bonds. The molecule has 0 fully saturated rings. The summed E-state index contributed by atoms with van der Waals surface area (Å²) in [5, 5.41) is 15.4. The van der Waals surface area contributed by atoms with Gasteiger partial charge in [-0.3, -0.25) is 0 Å². The van der Waals surface area contributed by atoms with Crippen molar-refractivity contribution in [1.29, 1.82) is 0 Å². The van der Waals surface area contributed by atoms with Crippen LogP contribution in [0.2, 0.25) is 0 Å². The van der Waals surface area contributed by atoms with Gasteiger partial charge in [0.25, 0.3) is 0 Å². The Bertz CT molecular complexity index is 297. The third kappa shape index (κ3) is 3.87. The van der Waals surface area contributed by atoms with Gasteiger partial charge < -0.3 is 10.4 Å². The topological polar surface area (TPSA) is 32.3 Å². The molecule has 0 unspecified atom stereocenters. The predicted molar refractivity (Wildman–Crippen MR) is 69.3 cm³/mol. The molecule has 1 aromatic heterocycles. The fraction of sp³-hybridized carbons (Fsp3) is 0.636. The minimum atomic E-state index is -0.552. The van der Waals surface area contributed by atoms with Crippen LogP contribution in [0.5, 0.6) is 0 Å². The zero-order valence-electron chi connectivity index (χ0n) is 9.22. The van der Waals surface area contributed by atoms with Crippen LogP contribution in [0.4, 0.5) is 0 Å². The van der Waals surface area contributed by atoms with E-state index in [0.717, 1.165) is 23.9 Å². The highest BCUT2D eigenvalue weighted by molar-refractivity contribution is 9.10. The monoisotopic (exact) mass is 291 g/mol. The number of hydrogen-bond donors (Lipinski definition) is 2. The van der Waals surface area contributed by atoms with Crippen molar-refractivity contribution in [3.05, 3.63) is 20.8 Å². The normalized spacial score (nSPS) is 12.0. The maximum Gasteiger partial charge on any atom is 0.0766 e. The first-order chi connectivity index (χ1) is 7.11. The van der Waals surface area contributed by atoms with Gasteiger partial charge in [-0.2, -0.15) is 0 Å². The molecule has 0 aliphatic heterocycles. The number of hydrogen-bond acceptors (Lipinski definition) is 3. The molecule has 15 heavy (non-hydrogen) atoms. The van der Waals surface area contributed by atoms with Crippen molar-refractivity contribution in [2.24, 2.45) is 0 Å². The van der Waals surface area contributed by atoms with E-state index in [1.54, 1.807) is 11.3 Å². The number of nitrogens with one attached hydrogen (secondary N) is 1. The van der Waals surface area contributed by atoms with Crippen LogP contribution in [0.1, 0.15) is 31.6 Å². The van der Waals surface area contributed by atoms with Gasteiger partial charge in [0, 0.05) is 22.4 Å². The number of halogens is 1. The lowest BCUT2D eigenvalue weighted by atomic mass is 9.98. The van der Waals surface area contributed by atoms with E-state index in [9.17, 15) is 5.11 Å². The van der Waals surface area contributed by atoms with Crippen molar-refractivity contribution >= 4 is 27.3 Å². The molecule has 0 saturated carbocycles. The fourth-order valence-electron chi connectivity index (χ4n) is 1.36. The predicted octanol–water partition coefficient (Wildman–Crippen LogP) is 3.15. The second-order valence-corrected chi connectivity index (χ2v) is 5.58. The van der Waals surface area contributed by atoms with Crippen LogP contribution in [0, 0.1) is 0 Å². The fourth-order valence-corrected chi connectivity index (χ4v) is 2.82. The molecule has 1 aromatic rings. The smallest absolute Gasteiger partial charge is 0.0766 e. The van der Waals surface area contributed by atoms with E-state index >= 15 is 0 Å². The Kier molecular flexibility index (Phi) is 5.26. The molecule has 1 heterocycles. The molecule has 0 aromatic carbocycles. The highest BCUT2D eigenvalue weighted by Crippen LogP contribution is 2.22. The highest BCUT2D eigenvalue weighted by Gasteiger charge is 2.21. The zero-order chi connectivity index (χ0) is 11.3. The molecule has 0 aliphatic carbocycles. The zero-order valence-corrected chi connectivity index (χ0v) is 11.6. The number of aliphatic hydroxyl groups is 1. The van der Waals surface area contributed by atoms with Crippen LogP contribution >= 0.6 is 27.3 Å². The van der Waals surface area contributed by atoms with Crippen molar-refractivity contribution in [1.82, 2.24) is 5.32 Å². The first-order valence-electron chi connectivity index (χ1n) is 5.26. The van der Waals surface area contributed by atoms with E-state index in [1.165, 1.54) is 4.88 Å². The van der Waals surface area contributed by atoms with E-state index in [-0.39, 0.29) is 0 Å². The van der Waals surface area contributed by atoms with E-state index in [1.807, 2.05) is 19.9 Å². The minimum Gasteiger partial charge on any atom is -0.389 e. The lowest BCUT2D eigenvalue weighted by molar-refractivity contribution is 0.0323. The Labute approximate surface area is 104 Å². The van der Waals surface area contributed by atoms with Crippen LogP contribution in [0.15, 0.2) is 15.9 Å². The van der Waals surface area contributed by atoms with Crippen LogP contribution in [0.3, 0.4) is 0 Å². The highest BCUT2D eigenvalue weighted by atomic mass is 79.9. The maximum atomic E-state index is 10.1. The van der Waals surface area contributed by atoms with Crippen molar-refractivity contribution in [3.8, 4) is 0 Å². The van der Waals surface area contributed by atoms with Gasteiger partial charge in [-0.15, -0.1) is 11.3 Å². The first-order valence-corrected chi connectivity index (χ1v) is 6.93. The van der Waals surface area contributed by atoms with E-state index in [0.29, 0.717) is 6.54 Å². The van der Waals surface area contributed by atoms with Gasteiger partial charge >= 0.3 is 0 Å². The Morgan fingerprint density at radius 2 is 2.13 bits per heavy atom.